The molecule has 0 aromatic carbocycles. The van der Waals surface area contributed by atoms with Crippen molar-refractivity contribution in [2.24, 2.45) is 0 Å². The minimum Gasteiger partial charge on any atom is -0.466 e. The summed E-state index contributed by atoms with van der Waals surface area (Å²) in [6.45, 7) is 4.06. The second kappa shape index (κ2) is 11.2. The number of carbonyl (C=O) groups excluding carboxylic acids is 1. The summed E-state index contributed by atoms with van der Waals surface area (Å²) in [5.74, 6) is -0.182. The van der Waals surface area contributed by atoms with Crippen LogP contribution in [-0.2, 0) is 9.53 Å². The first-order chi connectivity index (χ1) is 4.77. The molecular formula is C6H14O4. The number of rotatable bonds is 3. The highest BCUT2D eigenvalue weighted by Crippen LogP contribution is 1.86. The minimum atomic E-state index is -0.182. The van der Waals surface area contributed by atoms with Crippen molar-refractivity contribution in [3.8, 4) is 0 Å². The van der Waals surface area contributed by atoms with Gasteiger partial charge >= 0.3 is 5.97 Å². The van der Waals surface area contributed by atoms with Gasteiger partial charge in [-0.25, -0.2) is 0 Å². The van der Waals surface area contributed by atoms with Crippen LogP contribution in [0.15, 0.2) is 0 Å². The Bertz CT molecular complexity index is 72.1. The smallest absolute Gasteiger partial charge is 0.302 e. The molecule has 0 radical (unpaired) electrons. The first kappa shape index (κ1) is 12.1. The normalized spacial score (nSPS) is 7.60. The van der Waals surface area contributed by atoms with Gasteiger partial charge in [0.2, 0.25) is 0 Å². The highest BCUT2D eigenvalue weighted by molar-refractivity contribution is 5.65. The summed E-state index contributed by atoms with van der Waals surface area (Å²) in [5, 5.41) is 12.0. The molecule has 0 aliphatic rings. The lowest BCUT2D eigenvalue weighted by Crippen LogP contribution is -1.99. The Morgan fingerprint density at radius 2 is 2.00 bits per heavy atom. The van der Waals surface area contributed by atoms with E-state index in [1.54, 1.807) is 0 Å². The highest BCUT2D eigenvalue weighted by atomic mass is 17.0. The van der Waals surface area contributed by atoms with E-state index in [2.05, 4.69) is 11.7 Å². The zero-order chi connectivity index (χ0) is 8.41. The van der Waals surface area contributed by atoms with Crippen molar-refractivity contribution < 1.29 is 20.0 Å². The van der Waals surface area contributed by atoms with Crippen LogP contribution in [0.2, 0.25) is 0 Å². The van der Waals surface area contributed by atoms with Crippen LogP contribution >= 0.6 is 0 Å². The van der Waals surface area contributed by atoms with Gasteiger partial charge in [-0.15, -0.1) is 0 Å². The van der Waals surface area contributed by atoms with E-state index in [1.807, 2.05) is 0 Å². The van der Waals surface area contributed by atoms with Gasteiger partial charge < -0.3 is 4.74 Å². The Labute approximate surface area is 60.4 Å². The van der Waals surface area contributed by atoms with Gasteiger partial charge in [-0.2, -0.15) is 0 Å². The molecule has 0 saturated heterocycles. The Balaban J connectivity index is 0. The number of hydrogen-bond donors (Lipinski definition) is 2. The molecule has 0 fully saturated rings. The Hall–Kier alpha value is -0.610. The third kappa shape index (κ3) is 15.7. The van der Waals surface area contributed by atoms with Crippen LogP contribution in [0.1, 0.15) is 26.7 Å². The summed E-state index contributed by atoms with van der Waals surface area (Å²) in [7, 11) is 0. The first-order valence-electron chi connectivity index (χ1n) is 3.10. The maximum absolute atomic E-state index is 10.1. The quantitative estimate of drug-likeness (QED) is 0.276. The van der Waals surface area contributed by atoms with Crippen LogP contribution < -0.4 is 0 Å². The number of carbonyl (C=O) groups is 1. The number of esters is 1. The minimum absolute atomic E-state index is 0.182. The van der Waals surface area contributed by atoms with Gasteiger partial charge in [-0.05, 0) is 6.42 Å². The zero-order valence-electron chi connectivity index (χ0n) is 6.33. The highest BCUT2D eigenvalue weighted by Gasteiger charge is 1.88. The number of ether oxygens (including phenoxy) is 1. The lowest BCUT2D eigenvalue weighted by molar-refractivity contribution is -0.176. The number of hydrogen-bond acceptors (Lipinski definition) is 4. The Morgan fingerprint density at radius 1 is 1.50 bits per heavy atom. The van der Waals surface area contributed by atoms with Gasteiger partial charge in [0.15, 0.2) is 0 Å². The molecule has 0 aliphatic carbocycles. The van der Waals surface area contributed by atoms with Crippen LogP contribution in [-0.4, -0.2) is 23.1 Å². The van der Waals surface area contributed by atoms with Gasteiger partial charge in [-0.3, -0.25) is 15.3 Å². The molecule has 0 spiro atoms. The molecule has 0 aromatic heterocycles. The maximum Gasteiger partial charge on any atom is 0.302 e. The Kier molecular flexibility index (Phi) is 13.6. The molecule has 4 heteroatoms. The molecule has 0 aromatic rings. The molecule has 0 bridgehead atoms. The van der Waals surface area contributed by atoms with Crippen molar-refractivity contribution in [1.29, 1.82) is 0 Å². The fourth-order valence-corrected chi connectivity index (χ4v) is 0.360. The Morgan fingerprint density at radius 3 is 2.30 bits per heavy atom. The van der Waals surface area contributed by atoms with Crippen molar-refractivity contribution in [2.45, 2.75) is 26.7 Å². The van der Waals surface area contributed by atoms with Crippen LogP contribution in [0.25, 0.3) is 0 Å². The van der Waals surface area contributed by atoms with Crippen molar-refractivity contribution in [2.75, 3.05) is 6.61 Å². The van der Waals surface area contributed by atoms with E-state index in [0.29, 0.717) is 6.61 Å². The molecule has 0 unspecified atom stereocenters. The summed E-state index contributed by atoms with van der Waals surface area (Å²) >= 11 is 0. The fourth-order valence-electron chi connectivity index (χ4n) is 0.360. The lowest BCUT2D eigenvalue weighted by Gasteiger charge is -1.96. The van der Waals surface area contributed by atoms with E-state index in [4.69, 9.17) is 10.5 Å². The summed E-state index contributed by atoms with van der Waals surface area (Å²) in [5.41, 5.74) is 0. The van der Waals surface area contributed by atoms with Crippen molar-refractivity contribution in [3.63, 3.8) is 0 Å². The van der Waals surface area contributed by atoms with Gasteiger partial charge in [0.1, 0.15) is 0 Å². The van der Waals surface area contributed by atoms with Crippen LogP contribution in [0, 0.1) is 0 Å². The van der Waals surface area contributed by atoms with E-state index in [1.165, 1.54) is 6.92 Å². The molecule has 4 nitrogen and oxygen atoms in total. The average molecular weight is 150 g/mol. The summed E-state index contributed by atoms with van der Waals surface area (Å²) in [6, 6.07) is 0. The monoisotopic (exact) mass is 150 g/mol. The standard InChI is InChI=1S/C6H12O2.H2O2/c1-3-4-5-8-6(2)7;1-2/h3-5H2,1-2H3;1-2H. The van der Waals surface area contributed by atoms with Crippen LogP contribution in [0.4, 0.5) is 0 Å². The second-order valence-corrected chi connectivity index (χ2v) is 1.69. The first-order valence-corrected chi connectivity index (χ1v) is 3.10. The van der Waals surface area contributed by atoms with Crippen molar-refractivity contribution >= 4 is 5.97 Å². The van der Waals surface area contributed by atoms with E-state index in [0.717, 1.165) is 12.8 Å². The molecule has 0 atom stereocenters. The molecule has 0 rings (SSSR count). The summed E-state index contributed by atoms with van der Waals surface area (Å²) in [4.78, 5) is 10.1. The third-order valence-electron chi connectivity index (χ3n) is 0.803. The van der Waals surface area contributed by atoms with Gasteiger partial charge in [0, 0.05) is 6.92 Å². The molecule has 0 saturated carbocycles. The predicted octanol–water partition coefficient (Wildman–Crippen LogP) is 1.37. The molecule has 0 amide bonds. The molecular weight excluding hydrogens is 136 g/mol. The molecule has 62 valence electrons. The zero-order valence-corrected chi connectivity index (χ0v) is 6.33. The predicted molar refractivity (Wildman–Crippen MR) is 36.8 cm³/mol. The maximum atomic E-state index is 10.1. The summed E-state index contributed by atoms with van der Waals surface area (Å²) in [6.07, 6.45) is 2.05. The average Bonchev–Trinajstić information content (AvgIpc) is 1.92. The lowest BCUT2D eigenvalue weighted by atomic mass is 10.4. The second-order valence-electron chi connectivity index (χ2n) is 1.69. The largest absolute Gasteiger partial charge is 0.466 e. The SMILES string of the molecule is CCCCOC(C)=O.OO. The molecule has 10 heavy (non-hydrogen) atoms. The molecule has 2 N–H and O–H groups in total. The fraction of sp³-hybridized carbons (Fsp3) is 0.833. The van der Waals surface area contributed by atoms with Gasteiger partial charge in [-0.1, -0.05) is 13.3 Å². The third-order valence-corrected chi connectivity index (χ3v) is 0.803. The van der Waals surface area contributed by atoms with Crippen molar-refractivity contribution in [3.05, 3.63) is 0 Å². The van der Waals surface area contributed by atoms with E-state index in [-0.39, 0.29) is 5.97 Å². The topological polar surface area (TPSA) is 66.8 Å². The molecule has 0 aliphatic heterocycles. The van der Waals surface area contributed by atoms with Gasteiger partial charge in [0.05, 0.1) is 6.61 Å². The molecule has 0 heterocycles. The van der Waals surface area contributed by atoms with Crippen LogP contribution in [0.3, 0.4) is 0 Å². The van der Waals surface area contributed by atoms with Gasteiger partial charge in [0.25, 0.3) is 0 Å². The summed E-state index contributed by atoms with van der Waals surface area (Å²) < 4.78 is 4.64. The van der Waals surface area contributed by atoms with Crippen LogP contribution in [0.5, 0.6) is 0 Å². The van der Waals surface area contributed by atoms with Crippen molar-refractivity contribution in [1.82, 2.24) is 0 Å². The van der Waals surface area contributed by atoms with E-state index in [9.17, 15) is 4.79 Å². The van der Waals surface area contributed by atoms with E-state index >= 15 is 0 Å². The van der Waals surface area contributed by atoms with E-state index < -0.39 is 0 Å². The number of unbranched alkanes of at least 4 members (excludes halogenated alkanes) is 1.